The molecule has 0 aromatic carbocycles. The summed E-state index contributed by atoms with van der Waals surface area (Å²) in [7, 11) is 1.34. The van der Waals surface area contributed by atoms with Crippen LogP contribution in [0.3, 0.4) is 0 Å². The van der Waals surface area contributed by atoms with Gasteiger partial charge < -0.3 is 14.7 Å². The molecule has 0 aromatic heterocycles. The fourth-order valence-electron chi connectivity index (χ4n) is 3.18. The van der Waals surface area contributed by atoms with Crippen LogP contribution in [0.25, 0.3) is 0 Å². The molecule has 1 saturated heterocycles. The number of aliphatic hydroxyl groups excluding tert-OH is 1. The molecule has 0 unspecified atom stereocenters. The molecule has 1 heterocycles. The number of aliphatic hydroxyl groups is 1. The zero-order valence-corrected chi connectivity index (χ0v) is 17.6. The molecule has 0 aromatic rings. The van der Waals surface area contributed by atoms with Crippen molar-refractivity contribution >= 4 is 11.9 Å². The molecule has 164 valence electrons. The second-order valence-electron chi connectivity index (χ2n) is 7.48. The summed E-state index contributed by atoms with van der Waals surface area (Å²) in [6.07, 6.45) is 6.01. The van der Waals surface area contributed by atoms with E-state index in [1.807, 2.05) is 13.8 Å². The van der Waals surface area contributed by atoms with Gasteiger partial charge in [-0.2, -0.15) is 8.78 Å². The van der Waals surface area contributed by atoms with Gasteiger partial charge in [-0.05, 0) is 18.8 Å². The lowest BCUT2D eigenvalue weighted by atomic mass is 9.99. The van der Waals surface area contributed by atoms with Crippen molar-refractivity contribution < 1.29 is 28.2 Å². The van der Waals surface area contributed by atoms with Crippen molar-refractivity contribution in [3.05, 3.63) is 12.2 Å². The second kappa shape index (κ2) is 12.6. The smallest absolute Gasteiger partial charge is 0.327 e. The molecule has 29 heavy (non-hydrogen) atoms. The van der Waals surface area contributed by atoms with Crippen LogP contribution in [0.5, 0.6) is 0 Å². The van der Waals surface area contributed by atoms with Gasteiger partial charge in [-0.25, -0.2) is 0 Å². The van der Waals surface area contributed by atoms with E-state index in [2.05, 4.69) is 16.6 Å². The number of hydrogen-bond donors (Lipinski definition) is 1. The first-order valence-corrected chi connectivity index (χ1v) is 10.3. The number of unbranched alkanes of at least 4 members (excludes halogenated alkanes) is 3. The highest BCUT2D eigenvalue weighted by Crippen LogP contribution is 2.34. The van der Waals surface area contributed by atoms with Crippen molar-refractivity contribution in [2.45, 2.75) is 83.3 Å². The van der Waals surface area contributed by atoms with E-state index in [0.717, 1.165) is 19.3 Å². The first kappa shape index (κ1) is 25.1. The molecule has 0 spiro atoms. The van der Waals surface area contributed by atoms with Gasteiger partial charge in [-0.3, -0.25) is 9.59 Å². The Hall–Kier alpha value is -1.94. The van der Waals surface area contributed by atoms with Crippen molar-refractivity contribution in [2.75, 3.05) is 13.7 Å². The second-order valence-corrected chi connectivity index (χ2v) is 7.48. The maximum Gasteiger partial charge on any atom is 0.327 e. The highest BCUT2D eigenvalue weighted by molar-refractivity contribution is 5.86. The minimum atomic E-state index is -3.37. The number of methoxy groups -OCH3 is 1. The van der Waals surface area contributed by atoms with Crippen LogP contribution < -0.4 is 0 Å². The predicted octanol–water partition coefficient (Wildman–Crippen LogP) is 3.70. The first-order valence-electron chi connectivity index (χ1n) is 10.3. The van der Waals surface area contributed by atoms with Crippen LogP contribution in [-0.4, -0.2) is 53.6 Å². The van der Waals surface area contributed by atoms with Crippen molar-refractivity contribution in [3.8, 4) is 11.8 Å². The Morgan fingerprint density at radius 3 is 2.69 bits per heavy atom. The zero-order valence-electron chi connectivity index (χ0n) is 17.6. The van der Waals surface area contributed by atoms with Crippen molar-refractivity contribution in [1.29, 1.82) is 0 Å². The van der Waals surface area contributed by atoms with Crippen molar-refractivity contribution in [2.24, 2.45) is 5.92 Å². The quantitative estimate of drug-likeness (QED) is 0.243. The number of ether oxygens (including phenoxy) is 1. The summed E-state index contributed by atoms with van der Waals surface area (Å²) >= 11 is 0. The molecule has 0 radical (unpaired) electrons. The Kier molecular flexibility index (Phi) is 10.9. The van der Waals surface area contributed by atoms with E-state index < -0.39 is 30.4 Å². The Labute approximate surface area is 172 Å². The van der Waals surface area contributed by atoms with E-state index in [0.29, 0.717) is 25.7 Å². The van der Waals surface area contributed by atoms with Crippen LogP contribution in [-0.2, 0) is 14.3 Å². The summed E-state index contributed by atoms with van der Waals surface area (Å²) in [4.78, 5) is 24.3. The summed E-state index contributed by atoms with van der Waals surface area (Å²) in [5, 5.41) is 10.2. The summed E-state index contributed by atoms with van der Waals surface area (Å²) in [6, 6.07) is -0.726. The Morgan fingerprint density at radius 1 is 1.34 bits per heavy atom. The highest BCUT2D eigenvalue weighted by atomic mass is 19.3. The standard InChI is InChI=1S/C22H33F2NO4/c1-4-5-8-11-17(2)19(26)14-13-18-16-22(23,24)21(28)25(18)15-10-7-6-9-12-20(27)29-3/h13-14,17-19,26H,4,6-7,9-12,15-16H2,1-3H3/b14-13+/t17-,18-,19+/m0/s1. The van der Waals surface area contributed by atoms with E-state index in [-0.39, 0.29) is 18.4 Å². The number of carbonyl (C=O) groups is 2. The molecule has 1 rings (SSSR count). The van der Waals surface area contributed by atoms with Gasteiger partial charge in [-0.1, -0.05) is 38.8 Å². The van der Waals surface area contributed by atoms with Crippen LogP contribution in [0, 0.1) is 17.8 Å². The molecular formula is C22H33F2NO4. The lowest BCUT2D eigenvalue weighted by molar-refractivity contribution is -0.148. The largest absolute Gasteiger partial charge is 0.469 e. The van der Waals surface area contributed by atoms with Crippen molar-refractivity contribution in [1.82, 2.24) is 4.90 Å². The van der Waals surface area contributed by atoms with E-state index in [4.69, 9.17) is 0 Å². The van der Waals surface area contributed by atoms with E-state index in [1.54, 1.807) is 0 Å². The van der Waals surface area contributed by atoms with Gasteiger partial charge in [-0.15, -0.1) is 11.8 Å². The zero-order chi connectivity index (χ0) is 21.9. The Bertz CT molecular complexity index is 624. The lowest BCUT2D eigenvalue weighted by Gasteiger charge is -2.22. The molecule has 1 fully saturated rings. The van der Waals surface area contributed by atoms with Gasteiger partial charge in [0.2, 0.25) is 0 Å². The van der Waals surface area contributed by atoms with Crippen LogP contribution in [0.1, 0.15) is 65.2 Å². The first-order chi connectivity index (χ1) is 13.7. The minimum absolute atomic E-state index is 0.119. The number of nitrogens with zero attached hydrogens (tertiary/aromatic N) is 1. The van der Waals surface area contributed by atoms with Gasteiger partial charge in [0, 0.05) is 32.2 Å². The number of likely N-dealkylation sites (tertiary alicyclic amines) is 1. The number of halogens is 2. The van der Waals surface area contributed by atoms with E-state index in [1.165, 1.54) is 24.2 Å². The fourth-order valence-corrected chi connectivity index (χ4v) is 3.18. The van der Waals surface area contributed by atoms with Crippen LogP contribution in [0.2, 0.25) is 0 Å². The number of hydrogen-bond acceptors (Lipinski definition) is 4. The average Bonchev–Trinajstić information content (AvgIpc) is 2.91. The molecular weight excluding hydrogens is 380 g/mol. The molecule has 0 saturated carbocycles. The van der Waals surface area contributed by atoms with Crippen LogP contribution in [0.15, 0.2) is 12.2 Å². The number of amides is 1. The normalized spacial score (nSPS) is 20.4. The highest BCUT2D eigenvalue weighted by Gasteiger charge is 2.52. The fraction of sp³-hybridized carbons (Fsp3) is 0.727. The third kappa shape index (κ3) is 8.53. The summed E-state index contributed by atoms with van der Waals surface area (Å²) in [5.41, 5.74) is 0. The maximum absolute atomic E-state index is 13.9. The summed E-state index contributed by atoms with van der Waals surface area (Å²) < 4.78 is 32.4. The van der Waals surface area contributed by atoms with E-state index >= 15 is 0 Å². The van der Waals surface area contributed by atoms with Crippen molar-refractivity contribution in [3.63, 3.8) is 0 Å². The number of esters is 1. The average molecular weight is 414 g/mol. The van der Waals surface area contributed by atoms with E-state index in [9.17, 15) is 23.5 Å². The minimum Gasteiger partial charge on any atom is -0.469 e. The predicted molar refractivity (Wildman–Crippen MR) is 107 cm³/mol. The number of carbonyl (C=O) groups excluding carboxylic acids is 2. The molecule has 1 amide bonds. The van der Waals surface area contributed by atoms with Gasteiger partial charge in [0.25, 0.3) is 5.91 Å². The molecule has 0 aliphatic carbocycles. The third-order valence-corrected chi connectivity index (χ3v) is 5.04. The molecule has 0 bridgehead atoms. The number of alkyl halides is 2. The maximum atomic E-state index is 13.9. The molecule has 5 nitrogen and oxygen atoms in total. The molecule has 3 atom stereocenters. The van der Waals surface area contributed by atoms with Gasteiger partial charge in [0.05, 0.1) is 19.3 Å². The molecule has 1 aliphatic heterocycles. The van der Waals surface area contributed by atoms with Gasteiger partial charge >= 0.3 is 11.9 Å². The SMILES string of the molecule is CCC#CC[C@H](C)[C@H](O)/C=C/[C@H]1CC(F)(F)C(=O)N1CCCCCCC(=O)OC. The Balaban J connectivity index is 2.56. The summed E-state index contributed by atoms with van der Waals surface area (Å²) in [6.45, 7) is 4.02. The molecule has 1 aliphatic rings. The van der Waals surface area contributed by atoms with Crippen LogP contribution in [0.4, 0.5) is 8.78 Å². The monoisotopic (exact) mass is 413 g/mol. The van der Waals surface area contributed by atoms with Gasteiger partial charge in [0.1, 0.15) is 0 Å². The molecule has 7 heteroatoms. The summed E-state index contributed by atoms with van der Waals surface area (Å²) in [5.74, 6) is 0.998. The molecule has 1 N–H and O–H groups in total. The lowest BCUT2D eigenvalue weighted by Crippen LogP contribution is -2.36. The third-order valence-electron chi connectivity index (χ3n) is 5.04. The number of rotatable bonds is 11. The topological polar surface area (TPSA) is 66.8 Å². The van der Waals surface area contributed by atoms with Gasteiger partial charge in [0.15, 0.2) is 0 Å². The van der Waals surface area contributed by atoms with Crippen LogP contribution >= 0.6 is 0 Å². The Morgan fingerprint density at radius 2 is 2.03 bits per heavy atom.